The molecule has 23 heavy (non-hydrogen) atoms. The number of halogens is 4. The molecule has 1 amide bonds. The van der Waals surface area contributed by atoms with Crippen LogP contribution in [-0.2, 0) is 6.54 Å². The molecule has 0 aromatic carbocycles. The molecular formula is C14H11F4N3O2. The van der Waals surface area contributed by atoms with Crippen LogP contribution < -0.4 is 10.1 Å². The van der Waals surface area contributed by atoms with Gasteiger partial charge in [0.05, 0.1) is 11.8 Å². The Morgan fingerprint density at radius 1 is 1.26 bits per heavy atom. The van der Waals surface area contributed by atoms with Crippen molar-refractivity contribution < 1.29 is 27.1 Å². The predicted octanol–water partition coefficient (Wildman–Crippen LogP) is 2.59. The van der Waals surface area contributed by atoms with Crippen LogP contribution in [0.4, 0.5) is 17.6 Å². The van der Waals surface area contributed by atoms with E-state index in [0.29, 0.717) is 11.1 Å². The highest BCUT2D eigenvalue weighted by molar-refractivity contribution is 5.93. The smallest absolute Gasteiger partial charge is 0.388 e. The van der Waals surface area contributed by atoms with Crippen molar-refractivity contribution in [3.05, 3.63) is 53.0 Å². The quantitative estimate of drug-likeness (QED) is 0.857. The van der Waals surface area contributed by atoms with E-state index >= 15 is 0 Å². The van der Waals surface area contributed by atoms with Crippen molar-refractivity contribution >= 4 is 5.91 Å². The highest BCUT2D eigenvalue weighted by Crippen LogP contribution is 2.17. The number of nitrogens with zero attached hydrogens (tertiary/aromatic N) is 2. The Morgan fingerprint density at radius 3 is 2.65 bits per heavy atom. The van der Waals surface area contributed by atoms with Crippen LogP contribution in [0.5, 0.6) is 5.88 Å². The van der Waals surface area contributed by atoms with Gasteiger partial charge in [0, 0.05) is 18.9 Å². The van der Waals surface area contributed by atoms with E-state index in [0.717, 1.165) is 18.5 Å². The van der Waals surface area contributed by atoms with Gasteiger partial charge >= 0.3 is 6.61 Å². The van der Waals surface area contributed by atoms with Gasteiger partial charge in [-0.2, -0.15) is 8.78 Å². The summed E-state index contributed by atoms with van der Waals surface area (Å²) in [5.41, 5.74) is 0.584. The molecule has 0 aliphatic rings. The molecular weight excluding hydrogens is 318 g/mol. The number of pyridine rings is 2. The molecule has 1 N–H and O–H groups in total. The van der Waals surface area contributed by atoms with Crippen LogP contribution >= 0.6 is 0 Å². The molecule has 0 aliphatic heterocycles. The summed E-state index contributed by atoms with van der Waals surface area (Å²) in [7, 11) is 0. The van der Waals surface area contributed by atoms with Gasteiger partial charge in [-0.15, -0.1) is 0 Å². The summed E-state index contributed by atoms with van der Waals surface area (Å²) < 4.78 is 54.6. The zero-order valence-electron chi connectivity index (χ0n) is 11.8. The fraction of sp³-hybridized carbons (Fsp3) is 0.214. The Kier molecular flexibility index (Phi) is 5.09. The minimum absolute atomic E-state index is 0.0354. The predicted molar refractivity (Wildman–Crippen MR) is 70.9 cm³/mol. The number of ether oxygens (including phenoxy) is 1. The minimum Gasteiger partial charge on any atom is -0.414 e. The molecule has 2 aromatic heterocycles. The maximum atomic E-state index is 13.5. The molecule has 0 atom stereocenters. The lowest BCUT2D eigenvalue weighted by atomic mass is 10.1. The third-order valence-corrected chi connectivity index (χ3v) is 2.97. The van der Waals surface area contributed by atoms with Crippen molar-refractivity contribution in [1.29, 1.82) is 0 Å². The Morgan fingerprint density at radius 2 is 2.00 bits per heavy atom. The summed E-state index contributed by atoms with van der Waals surface area (Å²) >= 11 is 0. The summed E-state index contributed by atoms with van der Waals surface area (Å²) in [6.07, 6.45) is 3.32. The normalized spacial score (nSPS) is 10.7. The molecule has 9 heteroatoms. The molecule has 0 unspecified atom stereocenters. The highest BCUT2D eigenvalue weighted by atomic mass is 19.3. The molecule has 0 saturated heterocycles. The molecule has 122 valence electrons. The van der Waals surface area contributed by atoms with Crippen LogP contribution in [0.2, 0.25) is 0 Å². The van der Waals surface area contributed by atoms with Gasteiger partial charge in [-0.3, -0.25) is 9.78 Å². The lowest BCUT2D eigenvalue weighted by Gasteiger charge is -2.09. The third-order valence-electron chi connectivity index (χ3n) is 2.97. The zero-order valence-corrected chi connectivity index (χ0v) is 11.8. The van der Waals surface area contributed by atoms with Gasteiger partial charge < -0.3 is 10.1 Å². The first-order chi connectivity index (χ1) is 10.9. The monoisotopic (exact) mass is 329 g/mol. The van der Waals surface area contributed by atoms with Crippen molar-refractivity contribution in [2.24, 2.45) is 0 Å². The number of carbonyl (C=O) groups excluding carboxylic acids is 1. The van der Waals surface area contributed by atoms with Crippen LogP contribution in [0.3, 0.4) is 0 Å². The second kappa shape index (κ2) is 7.03. The van der Waals surface area contributed by atoms with Gasteiger partial charge in [0.25, 0.3) is 11.8 Å². The van der Waals surface area contributed by atoms with E-state index in [1.807, 2.05) is 0 Å². The largest absolute Gasteiger partial charge is 0.414 e. The third kappa shape index (κ3) is 4.15. The zero-order chi connectivity index (χ0) is 17.0. The summed E-state index contributed by atoms with van der Waals surface area (Å²) in [5, 5.41) is 2.43. The number of nitrogens with one attached hydrogen (secondary N) is 1. The van der Waals surface area contributed by atoms with Gasteiger partial charge in [0.15, 0.2) is 5.82 Å². The molecule has 0 saturated carbocycles. The van der Waals surface area contributed by atoms with Gasteiger partial charge in [0.2, 0.25) is 0 Å². The summed E-state index contributed by atoms with van der Waals surface area (Å²) in [6.45, 7) is -1.73. The maximum absolute atomic E-state index is 13.5. The van der Waals surface area contributed by atoms with Gasteiger partial charge in [0.1, 0.15) is 5.82 Å². The number of amides is 1. The Hall–Kier alpha value is -2.71. The Balaban J connectivity index is 2.06. The van der Waals surface area contributed by atoms with E-state index in [-0.39, 0.29) is 12.1 Å². The second-order valence-corrected chi connectivity index (χ2v) is 4.48. The standard InChI is InChI=1S/C14H11F4N3O2/c1-7-9(3-19-6-11(7)16)5-20-12(22)8-2-10(15)13(21-4-8)23-14(17)18/h2-4,6,14H,5H2,1H3,(H,20,22). The summed E-state index contributed by atoms with van der Waals surface area (Å²) in [5.74, 6) is -3.31. The topological polar surface area (TPSA) is 64.1 Å². The van der Waals surface area contributed by atoms with Crippen molar-refractivity contribution in [3.8, 4) is 5.88 Å². The average Bonchev–Trinajstić information content (AvgIpc) is 2.50. The Bertz CT molecular complexity index is 725. The first-order valence-corrected chi connectivity index (χ1v) is 6.36. The fourth-order valence-corrected chi connectivity index (χ4v) is 1.72. The van der Waals surface area contributed by atoms with E-state index in [1.165, 1.54) is 13.1 Å². The maximum Gasteiger partial charge on any atom is 0.388 e. The molecule has 2 aromatic rings. The van der Waals surface area contributed by atoms with Crippen LogP contribution in [0.15, 0.2) is 24.7 Å². The van der Waals surface area contributed by atoms with Crippen LogP contribution in [-0.4, -0.2) is 22.5 Å². The number of aromatic nitrogens is 2. The summed E-state index contributed by atoms with van der Waals surface area (Å²) in [6, 6.07) is 0.719. The molecule has 0 spiro atoms. The lowest BCUT2D eigenvalue weighted by Crippen LogP contribution is -2.24. The minimum atomic E-state index is -3.22. The fourth-order valence-electron chi connectivity index (χ4n) is 1.72. The first-order valence-electron chi connectivity index (χ1n) is 6.36. The van der Waals surface area contributed by atoms with Crippen LogP contribution in [0, 0.1) is 18.6 Å². The number of carbonyl (C=O) groups is 1. The van der Waals surface area contributed by atoms with Crippen molar-refractivity contribution in [3.63, 3.8) is 0 Å². The number of hydrogen-bond acceptors (Lipinski definition) is 4. The molecule has 5 nitrogen and oxygen atoms in total. The van der Waals surface area contributed by atoms with E-state index < -0.39 is 30.0 Å². The lowest BCUT2D eigenvalue weighted by molar-refractivity contribution is -0.0553. The van der Waals surface area contributed by atoms with Crippen molar-refractivity contribution in [2.75, 3.05) is 0 Å². The number of rotatable bonds is 5. The Labute approximate surface area is 128 Å². The molecule has 0 fully saturated rings. The molecule has 0 radical (unpaired) electrons. The molecule has 0 bridgehead atoms. The van der Waals surface area contributed by atoms with E-state index in [2.05, 4.69) is 20.0 Å². The van der Waals surface area contributed by atoms with Gasteiger partial charge in [-0.1, -0.05) is 0 Å². The van der Waals surface area contributed by atoms with Gasteiger partial charge in [-0.05, 0) is 24.1 Å². The van der Waals surface area contributed by atoms with E-state index in [4.69, 9.17) is 0 Å². The van der Waals surface area contributed by atoms with E-state index in [9.17, 15) is 22.4 Å². The molecule has 2 rings (SSSR count). The van der Waals surface area contributed by atoms with Crippen LogP contribution in [0.1, 0.15) is 21.5 Å². The average molecular weight is 329 g/mol. The molecule has 0 aliphatic carbocycles. The van der Waals surface area contributed by atoms with E-state index in [1.54, 1.807) is 0 Å². The van der Waals surface area contributed by atoms with Gasteiger partial charge in [-0.25, -0.2) is 13.8 Å². The second-order valence-electron chi connectivity index (χ2n) is 4.48. The highest BCUT2D eigenvalue weighted by Gasteiger charge is 2.15. The van der Waals surface area contributed by atoms with Crippen molar-refractivity contribution in [2.45, 2.75) is 20.1 Å². The first kappa shape index (κ1) is 16.7. The molecule has 2 heterocycles. The summed E-state index contributed by atoms with van der Waals surface area (Å²) in [4.78, 5) is 18.9. The number of hydrogen-bond donors (Lipinski definition) is 1. The van der Waals surface area contributed by atoms with Crippen molar-refractivity contribution in [1.82, 2.24) is 15.3 Å². The number of alkyl halides is 2. The van der Waals surface area contributed by atoms with Crippen LogP contribution in [0.25, 0.3) is 0 Å². The SMILES string of the molecule is Cc1c(F)cncc1CNC(=O)c1cnc(OC(F)F)c(F)c1.